The highest BCUT2D eigenvalue weighted by atomic mass is 35.5. The number of nitrogens with one attached hydrogen (secondary N) is 1. The lowest BCUT2D eigenvalue weighted by atomic mass is 10.0. The molecule has 0 radical (unpaired) electrons. The summed E-state index contributed by atoms with van der Waals surface area (Å²) in [7, 11) is -4.25. The molecule has 0 aliphatic rings. The van der Waals surface area contributed by atoms with Gasteiger partial charge in [0.15, 0.2) is 4.90 Å². The number of aliphatic hydroxyl groups excluding tert-OH is 1. The topological polar surface area (TPSA) is 110 Å². The molecule has 9 heteroatoms. The van der Waals surface area contributed by atoms with E-state index >= 15 is 0 Å². The molecule has 27 heavy (non-hydrogen) atoms. The average Bonchev–Trinajstić information content (AvgIpc) is 2.65. The third-order valence-corrected chi connectivity index (χ3v) is 5.74. The van der Waals surface area contributed by atoms with Gasteiger partial charge < -0.3 is 5.11 Å². The Labute approximate surface area is 160 Å². The number of nitro benzene ring substituents is 1. The van der Waals surface area contributed by atoms with Crippen LogP contribution in [0.1, 0.15) is 11.7 Å². The molecular formula is C18H15ClN2O5S. The van der Waals surface area contributed by atoms with Crippen LogP contribution in [0.2, 0.25) is 5.02 Å². The molecule has 3 aromatic carbocycles. The first-order chi connectivity index (χ1) is 12.8. The minimum Gasteiger partial charge on any atom is -0.387 e. The van der Waals surface area contributed by atoms with Crippen molar-refractivity contribution >= 4 is 38.1 Å². The van der Waals surface area contributed by atoms with E-state index in [1.807, 2.05) is 30.3 Å². The standard InChI is InChI=1S/C18H15ClN2O5S/c19-13-8-9-16(21(23)24)18(10-13)27(25,26)20-11-17(22)15-7-3-5-12-4-1-2-6-14(12)15/h1-10,17,20,22H,11H2. The van der Waals surface area contributed by atoms with Crippen LogP contribution in [0, 0.1) is 10.1 Å². The second-order valence-electron chi connectivity index (χ2n) is 5.81. The van der Waals surface area contributed by atoms with E-state index in [1.165, 1.54) is 6.07 Å². The van der Waals surface area contributed by atoms with Crippen molar-refractivity contribution in [3.05, 3.63) is 81.4 Å². The maximum absolute atomic E-state index is 12.5. The van der Waals surface area contributed by atoms with E-state index < -0.39 is 31.6 Å². The Bertz CT molecular complexity index is 1110. The molecular weight excluding hydrogens is 392 g/mol. The number of aliphatic hydroxyl groups is 1. The van der Waals surface area contributed by atoms with Gasteiger partial charge in [-0.25, -0.2) is 13.1 Å². The van der Waals surface area contributed by atoms with Crippen molar-refractivity contribution in [3.63, 3.8) is 0 Å². The second kappa shape index (κ2) is 7.61. The number of sulfonamides is 1. The van der Waals surface area contributed by atoms with Crippen LogP contribution in [0.4, 0.5) is 5.69 Å². The number of hydrogen-bond donors (Lipinski definition) is 2. The molecule has 2 N–H and O–H groups in total. The lowest BCUT2D eigenvalue weighted by Gasteiger charge is -2.15. The van der Waals surface area contributed by atoms with Crippen LogP contribution in [0.25, 0.3) is 10.8 Å². The molecule has 0 aromatic heterocycles. The lowest BCUT2D eigenvalue weighted by Crippen LogP contribution is -2.29. The zero-order chi connectivity index (χ0) is 19.6. The summed E-state index contributed by atoms with van der Waals surface area (Å²) >= 11 is 5.79. The number of nitro groups is 1. The van der Waals surface area contributed by atoms with E-state index in [1.54, 1.807) is 12.1 Å². The summed E-state index contributed by atoms with van der Waals surface area (Å²) in [5, 5.41) is 23.3. The summed E-state index contributed by atoms with van der Waals surface area (Å²) in [5.74, 6) is 0. The predicted octanol–water partition coefficient (Wildman–Crippen LogP) is 3.41. The molecule has 0 bridgehead atoms. The van der Waals surface area contributed by atoms with Crippen molar-refractivity contribution in [1.29, 1.82) is 0 Å². The Kier molecular flexibility index (Phi) is 5.43. The zero-order valence-corrected chi connectivity index (χ0v) is 15.4. The normalized spacial score (nSPS) is 12.8. The molecule has 0 amide bonds. The van der Waals surface area contributed by atoms with Gasteiger partial charge in [-0.2, -0.15) is 0 Å². The van der Waals surface area contributed by atoms with Crippen LogP contribution in [-0.4, -0.2) is 25.0 Å². The number of rotatable bonds is 6. The van der Waals surface area contributed by atoms with E-state index in [9.17, 15) is 23.6 Å². The fourth-order valence-electron chi connectivity index (χ4n) is 2.77. The Balaban J connectivity index is 1.87. The highest BCUT2D eigenvalue weighted by molar-refractivity contribution is 7.89. The van der Waals surface area contributed by atoms with Crippen LogP contribution >= 0.6 is 11.6 Å². The Morgan fingerprint density at radius 2 is 1.81 bits per heavy atom. The number of benzene rings is 3. The Morgan fingerprint density at radius 1 is 1.11 bits per heavy atom. The van der Waals surface area contributed by atoms with Gasteiger partial charge >= 0.3 is 0 Å². The fraction of sp³-hybridized carbons (Fsp3) is 0.111. The molecule has 0 aliphatic carbocycles. The van der Waals surface area contributed by atoms with Gasteiger partial charge in [-0.15, -0.1) is 0 Å². The van der Waals surface area contributed by atoms with Gasteiger partial charge in [0.2, 0.25) is 10.0 Å². The summed E-state index contributed by atoms with van der Waals surface area (Å²) in [6.45, 7) is -0.347. The van der Waals surface area contributed by atoms with Crippen molar-refractivity contribution in [2.75, 3.05) is 6.54 Å². The maximum Gasteiger partial charge on any atom is 0.289 e. The van der Waals surface area contributed by atoms with Gasteiger partial charge in [-0.3, -0.25) is 10.1 Å². The molecule has 0 saturated carbocycles. The van der Waals surface area contributed by atoms with E-state index in [0.717, 1.165) is 22.9 Å². The summed E-state index contributed by atoms with van der Waals surface area (Å²) < 4.78 is 27.3. The van der Waals surface area contributed by atoms with Gasteiger partial charge in [-0.05, 0) is 28.5 Å². The number of hydrogen-bond acceptors (Lipinski definition) is 5. The molecule has 3 rings (SSSR count). The van der Waals surface area contributed by atoms with Crippen LogP contribution in [0.3, 0.4) is 0 Å². The Morgan fingerprint density at radius 3 is 2.56 bits per heavy atom. The van der Waals surface area contributed by atoms with E-state index in [0.29, 0.717) is 5.56 Å². The molecule has 3 aromatic rings. The number of halogens is 1. The summed E-state index contributed by atoms with van der Waals surface area (Å²) in [6.07, 6.45) is -1.14. The van der Waals surface area contributed by atoms with Crippen molar-refractivity contribution < 1.29 is 18.4 Å². The van der Waals surface area contributed by atoms with Crippen LogP contribution < -0.4 is 4.72 Å². The molecule has 1 unspecified atom stereocenters. The Hall–Kier alpha value is -2.52. The summed E-state index contributed by atoms with van der Waals surface area (Å²) in [6, 6.07) is 16.0. The first-order valence-corrected chi connectivity index (χ1v) is 9.75. The fourth-order valence-corrected chi connectivity index (χ4v) is 4.24. The highest BCUT2D eigenvalue weighted by Gasteiger charge is 2.27. The van der Waals surface area contributed by atoms with Crippen LogP contribution in [-0.2, 0) is 10.0 Å². The number of nitrogens with zero attached hydrogens (tertiary/aromatic N) is 1. The minimum absolute atomic E-state index is 0.0515. The molecule has 0 saturated heterocycles. The van der Waals surface area contributed by atoms with Crippen molar-refractivity contribution in [1.82, 2.24) is 4.72 Å². The minimum atomic E-state index is -4.25. The highest BCUT2D eigenvalue weighted by Crippen LogP contribution is 2.28. The molecule has 0 fully saturated rings. The third-order valence-electron chi connectivity index (χ3n) is 4.06. The van der Waals surface area contributed by atoms with E-state index in [-0.39, 0.29) is 11.6 Å². The van der Waals surface area contributed by atoms with Gasteiger partial charge in [0, 0.05) is 17.6 Å². The predicted molar refractivity (Wildman–Crippen MR) is 102 cm³/mol. The van der Waals surface area contributed by atoms with Gasteiger partial charge in [0.1, 0.15) is 0 Å². The summed E-state index contributed by atoms with van der Waals surface area (Å²) in [5.41, 5.74) is -0.0389. The lowest BCUT2D eigenvalue weighted by molar-refractivity contribution is -0.387. The molecule has 1 atom stereocenters. The first-order valence-electron chi connectivity index (χ1n) is 7.89. The quantitative estimate of drug-likeness (QED) is 0.481. The second-order valence-corrected chi connectivity index (χ2v) is 7.98. The van der Waals surface area contributed by atoms with E-state index in [4.69, 9.17) is 11.6 Å². The maximum atomic E-state index is 12.5. The SMILES string of the molecule is O=[N+]([O-])c1ccc(Cl)cc1S(=O)(=O)NCC(O)c1cccc2ccccc12. The molecule has 140 valence electrons. The van der Waals surface area contributed by atoms with Gasteiger partial charge in [-0.1, -0.05) is 54.1 Å². The average molecular weight is 407 g/mol. The van der Waals surface area contributed by atoms with Crippen molar-refractivity contribution in [3.8, 4) is 0 Å². The van der Waals surface area contributed by atoms with Crippen LogP contribution in [0.15, 0.2) is 65.6 Å². The smallest absolute Gasteiger partial charge is 0.289 e. The molecule has 0 spiro atoms. The monoisotopic (exact) mass is 406 g/mol. The molecule has 0 aliphatic heterocycles. The van der Waals surface area contributed by atoms with E-state index in [2.05, 4.69) is 4.72 Å². The third kappa shape index (κ3) is 4.09. The first kappa shape index (κ1) is 19.2. The van der Waals surface area contributed by atoms with Gasteiger partial charge in [0.05, 0.1) is 11.0 Å². The molecule has 7 nitrogen and oxygen atoms in total. The van der Waals surface area contributed by atoms with Crippen LogP contribution in [0.5, 0.6) is 0 Å². The molecule has 0 heterocycles. The zero-order valence-electron chi connectivity index (χ0n) is 13.9. The largest absolute Gasteiger partial charge is 0.387 e. The van der Waals surface area contributed by atoms with Gasteiger partial charge in [0.25, 0.3) is 5.69 Å². The van der Waals surface area contributed by atoms with Crippen molar-refractivity contribution in [2.45, 2.75) is 11.0 Å². The number of fused-ring (bicyclic) bond motifs is 1. The van der Waals surface area contributed by atoms with Crippen molar-refractivity contribution in [2.24, 2.45) is 0 Å². The summed E-state index contributed by atoms with van der Waals surface area (Å²) in [4.78, 5) is 9.76.